The SMILES string of the molecule is CCC(=Cc1cn(C)nc1C(C)(C)C)CNCCOC. The van der Waals surface area contributed by atoms with Crippen LogP contribution >= 0.6 is 0 Å². The number of methoxy groups -OCH3 is 1. The summed E-state index contributed by atoms with van der Waals surface area (Å²) in [4.78, 5) is 0. The average Bonchev–Trinajstić information content (AvgIpc) is 2.74. The third kappa shape index (κ3) is 5.10. The fourth-order valence-electron chi connectivity index (χ4n) is 2.12. The standard InChI is InChI=1S/C16H29N3O/c1-7-13(11-17-8-9-20-6)10-14-12-19(5)18-15(14)16(2,3)4/h10,12,17H,7-9,11H2,1-6H3. The molecule has 114 valence electrons. The first-order chi connectivity index (χ1) is 9.38. The normalized spacial score (nSPS) is 13.0. The fourth-order valence-corrected chi connectivity index (χ4v) is 2.12. The van der Waals surface area contributed by atoms with E-state index >= 15 is 0 Å². The zero-order valence-electron chi connectivity index (χ0n) is 13.8. The monoisotopic (exact) mass is 279 g/mol. The Bertz CT molecular complexity index is 441. The smallest absolute Gasteiger partial charge is 0.0750 e. The molecule has 1 rings (SSSR count). The molecule has 20 heavy (non-hydrogen) atoms. The summed E-state index contributed by atoms with van der Waals surface area (Å²) < 4.78 is 6.95. The van der Waals surface area contributed by atoms with Crippen LogP contribution in [0.4, 0.5) is 0 Å². The van der Waals surface area contributed by atoms with E-state index in [0.717, 1.165) is 31.8 Å². The van der Waals surface area contributed by atoms with E-state index in [9.17, 15) is 0 Å². The van der Waals surface area contributed by atoms with Crippen molar-refractivity contribution in [3.05, 3.63) is 23.0 Å². The van der Waals surface area contributed by atoms with Crippen molar-refractivity contribution < 1.29 is 4.74 Å². The minimum Gasteiger partial charge on any atom is -0.383 e. The van der Waals surface area contributed by atoms with Gasteiger partial charge in [0.05, 0.1) is 12.3 Å². The number of hydrogen-bond acceptors (Lipinski definition) is 3. The molecule has 0 fully saturated rings. The van der Waals surface area contributed by atoms with Crippen LogP contribution in [0.3, 0.4) is 0 Å². The molecule has 4 nitrogen and oxygen atoms in total. The lowest BCUT2D eigenvalue weighted by atomic mass is 9.89. The summed E-state index contributed by atoms with van der Waals surface area (Å²) in [5, 5.41) is 8.01. The van der Waals surface area contributed by atoms with Gasteiger partial charge in [-0.05, 0) is 6.42 Å². The highest BCUT2D eigenvalue weighted by Crippen LogP contribution is 2.26. The van der Waals surface area contributed by atoms with E-state index in [1.165, 1.54) is 11.1 Å². The number of hydrogen-bond donors (Lipinski definition) is 1. The van der Waals surface area contributed by atoms with Crippen LogP contribution in [0.2, 0.25) is 0 Å². The summed E-state index contributed by atoms with van der Waals surface area (Å²) in [6, 6.07) is 0. The van der Waals surface area contributed by atoms with Crippen LogP contribution in [-0.2, 0) is 17.2 Å². The summed E-state index contributed by atoms with van der Waals surface area (Å²) in [5.74, 6) is 0. The van der Waals surface area contributed by atoms with Gasteiger partial charge in [-0.25, -0.2) is 0 Å². The van der Waals surface area contributed by atoms with E-state index in [4.69, 9.17) is 4.74 Å². The van der Waals surface area contributed by atoms with Crippen LogP contribution in [-0.4, -0.2) is 36.6 Å². The number of nitrogens with one attached hydrogen (secondary N) is 1. The van der Waals surface area contributed by atoms with Crippen molar-refractivity contribution in [3.8, 4) is 0 Å². The number of ether oxygens (including phenoxy) is 1. The zero-order chi connectivity index (χ0) is 15.2. The number of aromatic nitrogens is 2. The Labute approximate surface area is 123 Å². The molecule has 0 atom stereocenters. The van der Waals surface area contributed by atoms with Crippen LogP contribution in [0.15, 0.2) is 11.8 Å². The molecule has 1 aromatic rings. The second-order valence-corrected chi connectivity index (χ2v) is 6.18. The first-order valence-electron chi connectivity index (χ1n) is 7.31. The molecular weight excluding hydrogens is 250 g/mol. The van der Waals surface area contributed by atoms with Crippen LogP contribution in [0.1, 0.15) is 45.4 Å². The number of rotatable bonds is 7. The molecular formula is C16H29N3O. The molecule has 0 aliphatic heterocycles. The lowest BCUT2D eigenvalue weighted by Crippen LogP contribution is -2.21. The molecule has 0 aliphatic rings. The lowest BCUT2D eigenvalue weighted by Gasteiger charge is -2.17. The molecule has 0 amide bonds. The molecule has 1 aromatic heterocycles. The number of aryl methyl sites for hydroxylation is 1. The second-order valence-electron chi connectivity index (χ2n) is 6.18. The van der Waals surface area contributed by atoms with Gasteiger partial charge >= 0.3 is 0 Å². The Morgan fingerprint density at radius 1 is 1.45 bits per heavy atom. The largest absolute Gasteiger partial charge is 0.383 e. The minimum absolute atomic E-state index is 0.0649. The fraction of sp³-hybridized carbons (Fsp3) is 0.688. The highest BCUT2D eigenvalue weighted by atomic mass is 16.5. The van der Waals surface area contributed by atoms with E-state index in [-0.39, 0.29) is 5.41 Å². The summed E-state index contributed by atoms with van der Waals surface area (Å²) in [7, 11) is 3.71. The van der Waals surface area contributed by atoms with Gasteiger partial charge in [0.1, 0.15) is 0 Å². The van der Waals surface area contributed by atoms with E-state index < -0.39 is 0 Å². The van der Waals surface area contributed by atoms with Gasteiger partial charge in [-0.15, -0.1) is 0 Å². The van der Waals surface area contributed by atoms with E-state index in [2.05, 4.69) is 50.4 Å². The quantitative estimate of drug-likeness (QED) is 0.780. The minimum atomic E-state index is 0.0649. The zero-order valence-corrected chi connectivity index (χ0v) is 13.8. The maximum Gasteiger partial charge on any atom is 0.0750 e. The van der Waals surface area contributed by atoms with Gasteiger partial charge in [-0.1, -0.05) is 39.3 Å². The van der Waals surface area contributed by atoms with Crippen LogP contribution < -0.4 is 5.32 Å². The Morgan fingerprint density at radius 3 is 2.70 bits per heavy atom. The second kappa shape index (κ2) is 7.60. The summed E-state index contributed by atoms with van der Waals surface area (Å²) in [6.07, 6.45) is 5.41. The first-order valence-corrected chi connectivity index (χ1v) is 7.31. The topological polar surface area (TPSA) is 39.1 Å². The first kappa shape index (κ1) is 16.9. The predicted molar refractivity (Wildman–Crippen MR) is 84.9 cm³/mol. The van der Waals surface area contributed by atoms with Crippen molar-refractivity contribution in [1.29, 1.82) is 0 Å². The van der Waals surface area contributed by atoms with Crippen molar-refractivity contribution in [2.75, 3.05) is 26.8 Å². The van der Waals surface area contributed by atoms with Gasteiger partial charge < -0.3 is 10.1 Å². The highest BCUT2D eigenvalue weighted by molar-refractivity contribution is 5.56. The summed E-state index contributed by atoms with van der Waals surface area (Å²) in [6.45, 7) is 11.3. The van der Waals surface area contributed by atoms with Gasteiger partial charge in [-0.2, -0.15) is 5.10 Å². The molecule has 1 heterocycles. The van der Waals surface area contributed by atoms with Crippen LogP contribution in [0.25, 0.3) is 6.08 Å². The third-order valence-electron chi connectivity index (χ3n) is 3.22. The molecule has 0 saturated heterocycles. The van der Waals surface area contributed by atoms with Gasteiger partial charge in [0.25, 0.3) is 0 Å². The van der Waals surface area contributed by atoms with E-state index in [1.54, 1.807) is 7.11 Å². The molecule has 0 aromatic carbocycles. The molecule has 0 bridgehead atoms. The molecule has 0 spiro atoms. The molecule has 1 N–H and O–H groups in total. The van der Waals surface area contributed by atoms with Crippen LogP contribution in [0, 0.1) is 0 Å². The molecule has 4 heteroatoms. The van der Waals surface area contributed by atoms with Gasteiger partial charge in [0.15, 0.2) is 0 Å². The van der Waals surface area contributed by atoms with Crippen molar-refractivity contribution >= 4 is 6.08 Å². The molecule has 0 unspecified atom stereocenters. The van der Waals surface area contributed by atoms with Crippen molar-refractivity contribution in [3.63, 3.8) is 0 Å². The highest BCUT2D eigenvalue weighted by Gasteiger charge is 2.20. The number of nitrogens with zero attached hydrogens (tertiary/aromatic N) is 2. The van der Waals surface area contributed by atoms with Crippen molar-refractivity contribution in [2.45, 2.75) is 39.5 Å². The average molecular weight is 279 g/mol. The molecule has 0 aliphatic carbocycles. The maximum absolute atomic E-state index is 5.05. The van der Waals surface area contributed by atoms with Gasteiger partial charge in [0, 0.05) is 44.4 Å². The van der Waals surface area contributed by atoms with E-state index in [0.29, 0.717) is 0 Å². The Balaban J connectivity index is 2.84. The molecule has 0 saturated carbocycles. The van der Waals surface area contributed by atoms with Gasteiger partial charge in [0.2, 0.25) is 0 Å². The third-order valence-corrected chi connectivity index (χ3v) is 3.22. The molecule has 0 radical (unpaired) electrons. The van der Waals surface area contributed by atoms with Crippen molar-refractivity contribution in [2.24, 2.45) is 7.05 Å². The van der Waals surface area contributed by atoms with E-state index in [1.807, 2.05) is 11.7 Å². The Morgan fingerprint density at radius 2 is 2.15 bits per heavy atom. The van der Waals surface area contributed by atoms with Crippen molar-refractivity contribution in [1.82, 2.24) is 15.1 Å². The predicted octanol–water partition coefficient (Wildman–Crippen LogP) is 2.75. The summed E-state index contributed by atoms with van der Waals surface area (Å²) >= 11 is 0. The summed E-state index contributed by atoms with van der Waals surface area (Å²) in [5.41, 5.74) is 3.84. The Kier molecular flexibility index (Phi) is 6.43. The lowest BCUT2D eigenvalue weighted by molar-refractivity contribution is 0.200. The maximum atomic E-state index is 5.05. The van der Waals surface area contributed by atoms with Crippen LogP contribution in [0.5, 0.6) is 0 Å². The Hall–Kier alpha value is -1.13. The van der Waals surface area contributed by atoms with Gasteiger partial charge in [-0.3, -0.25) is 4.68 Å².